The average Bonchev–Trinajstić information content (AvgIpc) is 3.11. The summed E-state index contributed by atoms with van der Waals surface area (Å²) < 4.78 is 39.1. The number of piperidine rings is 1. The number of nitrogens with zero attached hydrogens (tertiary/aromatic N) is 2. The molecule has 0 spiro atoms. The zero-order valence-electron chi connectivity index (χ0n) is 15.2. The lowest BCUT2D eigenvalue weighted by atomic mass is 10.0. The number of sulfone groups is 1. The first-order valence-electron chi connectivity index (χ1n) is 9.24. The van der Waals surface area contributed by atoms with Crippen LogP contribution in [0.5, 0.6) is 0 Å². The standard InChI is InChI=1S/C20H21FN2O4S/c21-15-2-1-3-17(13-15)28(26,27)18-4-5-19-14(12-18)6-11-23(19)16-7-9-22(10-8-16)20(24)25/h1-5,12-13,16H,6-11H2,(H,24,25). The van der Waals surface area contributed by atoms with Crippen LogP contribution in [0.3, 0.4) is 0 Å². The number of fused-ring (bicyclic) bond motifs is 1. The van der Waals surface area contributed by atoms with E-state index in [1.165, 1.54) is 23.1 Å². The summed E-state index contributed by atoms with van der Waals surface area (Å²) in [4.78, 5) is 14.9. The Balaban J connectivity index is 1.57. The van der Waals surface area contributed by atoms with Gasteiger partial charge in [0.15, 0.2) is 0 Å². The van der Waals surface area contributed by atoms with Gasteiger partial charge in [0, 0.05) is 31.4 Å². The minimum Gasteiger partial charge on any atom is -0.465 e. The van der Waals surface area contributed by atoms with Gasteiger partial charge in [0.1, 0.15) is 5.82 Å². The molecule has 1 fully saturated rings. The van der Waals surface area contributed by atoms with E-state index >= 15 is 0 Å². The van der Waals surface area contributed by atoms with Gasteiger partial charge in [-0.25, -0.2) is 17.6 Å². The molecule has 0 bridgehead atoms. The average molecular weight is 404 g/mol. The van der Waals surface area contributed by atoms with Crippen molar-refractivity contribution in [2.45, 2.75) is 35.1 Å². The van der Waals surface area contributed by atoms with Crippen molar-refractivity contribution in [3.8, 4) is 0 Å². The third kappa shape index (κ3) is 3.32. The van der Waals surface area contributed by atoms with Gasteiger partial charge in [-0.3, -0.25) is 0 Å². The van der Waals surface area contributed by atoms with Crippen LogP contribution in [0.1, 0.15) is 18.4 Å². The van der Waals surface area contributed by atoms with E-state index < -0.39 is 21.7 Å². The molecule has 0 unspecified atom stereocenters. The Morgan fingerprint density at radius 3 is 2.43 bits per heavy atom. The smallest absolute Gasteiger partial charge is 0.407 e. The third-order valence-electron chi connectivity index (χ3n) is 5.57. The lowest BCUT2D eigenvalue weighted by Gasteiger charge is -2.37. The topological polar surface area (TPSA) is 77.9 Å². The Morgan fingerprint density at radius 1 is 1.04 bits per heavy atom. The highest BCUT2D eigenvalue weighted by Crippen LogP contribution is 2.35. The Hall–Kier alpha value is -2.61. The number of hydrogen-bond acceptors (Lipinski definition) is 4. The molecule has 2 aliphatic heterocycles. The van der Waals surface area contributed by atoms with Gasteiger partial charge in [0.2, 0.25) is 9.84 Å². The van der Waals surface area contributed by atoms with Gasteiger partial charge in [-0.15, -0.1) is 0 Å². The van der Waals surface area contributed by atoms with E-state index in [1.807, 2.05) is 6.07 Å². The van der Waals surface area contributed by atoms with Crippen LogP contribution < -0.4 is 4.90 Å². The number of carboxylic acid groups (broad SMARTS) is 1. The van der Waals surface area contributed by atoms with Crippen molar-refractivity contribution < 1.29 is 22.7 Å². The summed E-state index contributed by atoms with van der Waals surface area (Å²) in [7, 11) is -3.77. The normalized spacial score (nSPS) is 17.6. The van der Waals surface area contributed by atoms with Crippen molar-refractivity contribution in [2.24, 2.45) is 0 Å². The first-order valence-corrected chi connectivity index (χ1v) is 10.7. The molecule has 1 N–H and O–H groups in total. The molecule has 28 heavy (non-hydrogen) atoms. The number of benzene rings is 2. The molecule has 6 nitrogen and oxygen atoms in total. The summed E-state index contributed by atoms with van der Waals surface area (Å²) in [5, 5.41) is 9.10. The van der Waals surface area contributed by atoms with Crippen molar-refractivity contribution in [1.82, 2.24) is 4.90 Å². The molecule has 0 atom stereocenters. The van der Waals surface area contributed by atoms with Gasteiger partial charge >= 0.3 is 6.09 Å². The van der Waals surface area contributed by atoms with Crippen LogP contribution in [0.4, 0.5) is 14.9 Å². The van der Waals surface area contributed by atoms with Crippen LogP contribution in [0.15, 0.2) is 52.3 Å². The number of halogens is 1. The molecular weight excluding hydrogens is 383 g/mol. The number of hydrogen-bond donors (Lipinski definition) is 1. The molecule has 2 heterocycles. The minimum absolute atomic E-state index is 0.0525. The number of anilines is 1. The van der Waals surface area contributed by atoms with E-state index in [0.29, 0.717) is 13.1 Å². The maximum atomic E-state index is 13.5. The zero-order valence-corrected chi connectivity index (χ0v) is 16.0. The molecule has 2 aromatic rings. The number of amides is 1. The fraction of sp³-hybridized carbons (Fsp3) is 0.350. The van der Waals surface area contributed by atoms with Gasteiger partial charge in [-0.2, -0.15) is 0 Å². The molecule has 8 heteroatoms. The summed E-state index contributed by atoms with van der Waals surface area (Å²) in [5.74, 6) is -0.582. The van der Waals surface area contributed by atoms with Crippen molar-refractivity contribution in [1.29, 1.82) is 0 Å². The monoisotopic (exact) mass is 404 g/mol. The van der Waals surface area contributed by atoms with Crippen molar-refractivity contribution in [3.63, 3.8) is 0 Å². The van der Waals surface area contributed by atoms with Crippen molar-refractivity contribution in [3.05, 3.63) is 53.8 Å². The lowest BCUT2D eigenvalue weighted by molar-refractivity contribution is 0.131. The molecule has 1 saturated heterocycles. The highest BCUT2D eigenvalue weighted by atomic mass is 32.2. The minimum atomic E-state index is -3.77. The summed E-state index contributed by atoms with van der Waals surface area (Å²) in [6, 6.07) is 10.4. The molecule has 2 aromatic carbocycles. The van der Waals surface area contributed by atoms with E-state index in [-0.39, 0.29) is 15.8 Å². The quantitative estimate of drug-likeness (QED) is 0.850. The predicted molar refractivity (Wildman–Crippen MR) is 102 cm³/mol. The maximum Gasteiger partial charge on any atom is 0.407 e. The van der Waals surface area contributed by atoms with Gasteiger partial charge in [0.05, 0.1) is 9.79 Å². The fourth-order valence-electron chi connectivity index (χ4n) is 4.09. The summed E-state index contributed by atoms with van der Waals surface area (Å²) in [5.41, 5.74) is 1.96. The first-order chi connectivity index (χ1) is 13.4. The van der Waals surface area contributed by atoms with Crippen LogP contribution in [-0.2, 0) is 16.3 Å². The Kier molecular flexibility index (Phi) is 4.74. The zero-order chi connectivity index (χ0) is 19.9. The Labute approximate surface area is 163 Å². The molecule has 1 amide bonds. The first kappa shape index (κ1) is 18.7. The third-order valence-corrected chi connectivity index (χ3v) is 7.32. The van der Waals surface area contributed by atoms with E-state index in [9.17, 15) is 17.6 Å². The largest absolute Gasteiger partial charge is 0.465 e. The van der Waals surface area contributed by atoms with Crippen molar-refractivity contribution >= 4 is 21.6 Å². The molecule has 0 aliphatic carbocycles. The van der Waals surface area contributed by atoms with Gasteiger partial charge in [-0.1, -0.05) is 6.07 Å². The molecule has 0 radical (unpaired) electrons. The Morgan fingerprint density at radius 2 is 1.75 bits per heavy atom. The maximum absolute atomic E-state index is 13.5. The van der Waals surface area contributed by atoms with Crippen LogP contribution in [0.25, 0.3) is 0 Å². The summed E-state index contributed by atoms with van der Waals surface area (Å²) in [6.07, 6.45) is 1.37. The van der Waals surface area contributed by atoms with Gasteiger partial charge in [0.25, 0.3) is 0 Å². The van der Waals surface area contributed by atoms with E-state index in [4.69, 9.17) is 5.11 Å². The van der Waals surface area contributed by atoms with Crippen LogP contribution in [-0.4, -0.2) is 50.2 Å². The number of carbonyl (C=O) groups is 1. The molecular formula is C20H21FN2O4S. The van der Waals surface area contributed by atoms with E-state index in [0.717, 1.165) is 43.1 Å². The second kappa shape index (κ2) is 7.09. The molecule has 0 saturated carbocycles. The van der Waals surface area contributed by atoms with E-state index in [1.54, 1.807) is 12.1 Å². The SMILES string of the molecule is O=C(O)N1CCC(N2CCc3cc(S(=O)(=O)c4cccc(F)c4)ccc32)CC1. The number of rotatable bonds is 3. The highest BCUT2D eigenvalue weighted by Gasteiger charge is 2.31. The van der Waals surface area contributed by atoms with Crippen LogP contribution in [0, 0.1) is 5.82 Å². The molecule has 2 aliphatic rings. The highest BCUT2D eigenvalue weighted by molar-refractivity contribution is 7.91. The lowest BCUT2D eigenvalue weighted by Crippen LogP contribution is -2.46. The van der Waals surface area contributed by atoms with E-state index in [2.05, 4.69) is 4.90 Å². The second-order valence-electron chi connectivity index (χ2n) is 7.20. The molecule has 0 aromatic heterocycles. The fourth-order valence-corrected chi connectivity index (χ4v) is 5.43. The van der Waals surface area contributed by atoms with Crippen LogP contribution >= 0.6 is 0 Å². The summed E-state index contributed by atoms with van der Waals surface area (Å²) >= 11 is 0. The van der Waals surface area contributed by atoms with Gasteiger partial charge < -0.3 is 14.9 Å². The van der Waals surface area contributed by atoms with Crippen molar-refractivity contribution in [2.75, 3.05) is 24.5 Å². The Bertz CT molecular complexity index is 1020. The van der Waals surface area contributed by atoms with Crippen LogP contribution in [0.2, 0.25) is 0 Å². The second-order valence-corrected chi connectivity index (χ2v) is 9.15. The predicted octanol–water partition coefficient (Wildman–Crippen LogP) is 3.16. The molecule has 148 valence electrons. The van der Waals surface area contributed by atoms with Gasteiger partial charge in [-0.05, 0) is 61.2 Å². The number of likely N-dealkylation sites (tertiary alicyclic amines) is 1. The summed E-state index contributed by atoms with van der Waals surface area (Å²) in [6.45, 7) is 1.81. The molecule has 4 rings (SSSR count).